The van der Waals surface area contributed by atoms with Crippen molar-refractivity contribution in [2.45, 2.75) is 34.3 Å². The lowest BCUT2D eigenvalue weighted by Gasteiger charge is -2.11. The molecule has 7 heteroatoms. The highest BCUT2D eigenvalue weighted by Crippen LogP contribution is 2.33. The van der Waals surface area contributed by atoms with Crippen molar-refractivity contribution in [3.05, 3.63) is 89.1 Å². The predicted molar refractivity (Wildman–Crippen MR) is 142 cm³/mol. The maximum atomic E-state index is 13.0. The SMILES string of the molecule is CCOC(=O)c1ccc(COc2ccc3c(c2)c(C(=O)OCC)c(C)n3-c2ccc(OCC)cc2)cc1. The number of benzene rings is 3. The van der Waals surface area contributed by atoms with Crippen molar-refractivity contribution in [1.82, 2.24) is 4.57 Å². The Morgan fingerprint density at radius 1 is 0.730 bits per heavy atom. The summed E-state index contributed by atoms with van der Waals surface area (Å²) in [6.45, 7) is 8.94. The van der Waals surface area contributed by atoms with E-state index in [-0.39, 0.29) is 18.5 Å². The highest BCUT2D eigenvalue weighted by atomic mass is 16.5. The van der Waals surface area contributed by atoms with E-state index >= 15 is 0 Å². The molecule has 0 aliphatic carbocycles. The summed E-state index contributed by atoms with van der Waals surface area (Å²) in [6, 6.07) is 20.6. The van der Waals surface area contributed by atoms with Crippen LogP contribution in [-0.2, 0) is 16.1 Å². The molecule has 0 saturated carbocycles. The standard InChI is InChI=1S/C30H31NO6/c1-5-34-24-14-12-23(13-15-24)31-20(4)28(30(33)36-7-3)26-18-25(16-17-27(26)31)37-19-21-8-10-22(11-9-21)29(32)35-6-2/h8-18H,5-7,19H2,1-4H3. The molecule has 0 amide bonds. The minimum atomic E-state index is -0.374. The van der Waals surface area contributed by atoms with Gasteiger partial charge in [0.05, 0.1) is 36.5 Å². The zero-order valence-electron chi connectivity index (χ0n) is 21.6. The number of hydrogen-bond acceptors (Lipinski definition) is 6. The third-order valence-electron chi connectivity index (χ3n) is 5.93. The molecule has 0 radical (unpaired) electrons. The molecule has 4 aromatic rings. The molecule has 0 unspecified atom stereocenters. The van der Waals surface area contributed by atoms with E-state index in [1.165, 1.54) is 0 Å². The van der Waals surface area contributed by atoms with Gasteiger partial charge in [0.15, 0.2) is 0 Å². The Labute approximate surface area is 216 Å². The van der Waals surface area contributed by atoms with Gasteiger partial charge in [-0.3, -0.25) is 0 Å². The Morgan fingerprint density at radius 3 is 2.03 bits per heavy atom. The molecule has 0 saturated heterocycles. The van der Waals surface area contributed by atoms with Gasteiger partial charge >= 0.3 is 11.9 Å². The fourth-order valence-electron chi connectivity index (χ4n) is 4.26. The van der Waals surface area contributed by atoms with E-state index in [0.717, 1.165) is 33.6 Å². The van der Waals surface area contributed by atoms with Crippen LogP contribution < -0.4 is 9.47 Å². The monoisotopic (exact) mass is 501 g/mol. The Kier molecular flexibility index (Phi) is 8.13. The van der Waals surface area contributed by atoms with Crippen molar-refractivity contribution in [2.24, 2.45) is 0 Å². The molecule has 1 heterocycles. The topological polar surface area (TPSA) is 76.0 Å². The van der Waals surface area contributed by atoms with Crippen molar-refractivity contribution in [1.29, 1.82) is 0 Å². The Bertz CT molecular complexity index is 1390. The molecule has 37 heavy (non-hydrogen) atoms. The number of hydrogen-bond donors (Lipinski definition) is 0. The molecule has 0 N–H and O–H groups in total. The first-order valence-corrected chi connectivity index (χ1v) is 12.4. The maximum absolute atomic E-state index is 13.0. The van der Waals surface area contributed by atoms with Crippen LogP contribution in [0.1, 0.15) is 52.7 Å². The number of carbonyl (C=O) groups is 2. The zero-order chi connectivity index (χ0) is 26.4. The van der Waals surface area contributed by atoms with Gasteiger partial charge in [-0.2, -0.15) is 0 Å². The molecule has 0 bridgehead atoms. The third kappa shape index (κ3) is 5.61. The molecular weight excluding hydrogens is 470 g/mol. The van der Waals surface area contributed by atoms with Crippen LogP contribution in [0.4, 0.5) is 0 Å². The first kappa shape index (κ1) is 25.8. The van der Waals surface area contributed by atoms with Gasteiger partial charge in [-0.25, -0.2) is 9.59 Å². The Morgan fingerprint density at radius 2 is 1.38 bits per heavy atom. The fourth-order valence-corrected chi connectivity index (χ4v) is 4.26. The van der Waals surface area contributed by atoms with Crippen molar-refractivity contribution >= 4 is 22.8 Å². The summed E-state index contributed by atoms with van der Waals surface area (Å²) in [5.74, 6) is 0.689. The molecule has 0 aliphatic rings. The minimum Gasteiger partial charge on any atom is -0.494 e. The van der Waals surface area contributed by atoms with Crippen LogP contribution >= 0.6 is 0 Å². The highest BCUT2D eigenvalue weighted by molar-refractivity contribution is 6.07. The number of fused-ring (bicyclic) bond motifs is 1. The van der Waals surface area contributed by atoms with Crippen molar-refractivity contribution in [2.75, 3.05) is 19.8 Å². The molecule has 7 nitrogen and oxygen atoms in total. The van der Waals surface area contributed by atoms with Crippen molar-refractivity contribution in [3.63, 3.8) is 0 Å². The van der Waals surface area contributed by atoms with Crippen LogP contribution in [0.2, 0.25) is 0 Å². The summed E-state index contributed by atoms with van der Waals surface area (Å²) in [5.41, 5.74) is 4.48. The Hall–Kier alpha value is -4.26. The summed E-state index contributed by atoms with van der Waals surface area (Å²) in [5, 5.41) is 0.750. The molecule has 0 fully saturated rings. The molecule has 1 aromatic heterocycles. The summed E-state index contributed by atoms with van der Waals surface area (Å²) < 4.78 is 24.1. The van der Waals surface area contributed by atoms with Gasteiger partial charge in [-0.1, -0.05) is 12.1 Å². The number of carbonyl (C=O) groups excluding carboxylic acids is 2. The predicted octanol–water partition coefficient (Wildman–Crippen LogP) is 6.27. The van der Waals surface area contributed by atoms with E-state index < -0.39 is 0 Å². The van der Waals surface area contributed by atoms with Gasteiger partial charge in [0.25, 0.3) is 0 Å². The van der Waals surface area contributed by atoms with Gasteiger partial charge in [-0.05, 0) is 87.9 Å². The van der Waals surface area contributed by atoms with Gasteiger partial charge < -0.3 is 23.5 Å². The van der Waals surface area contributed by atoms with E-state index in [9.17, 15) is 9.59 Å². The lowest BCUT2D eigenvalue weighted by atomic mass is 10.1. The van der Waals surface area contributed by atoms with Crippen LogP contribution in [0.25, 0.3) is 16.6 Å². The van der Waals surface area contributed by atoms with Gasteiger partial charge in [0.1, 0.15) is 18.1 Å². The van der Waals surface area contributed by atoms with Crippen molar-refractivity contribution in [3.8, 4) is 17.2 Å². The third-order valence-corrected chi connectivity index (χ3v) is 5.93. The molecule has 4 rings (SSSR count). The van der Waals surface area contributed by atoms with Gasteiger partial charge in [-0.15, -0.1) is 0 Å². The normalized spacial score (nSPS) is 10.8. The summed E-state index contributed by atoms with van der Waals surface area (Å²) in [7, 11) is 0. The minimum absolute atomic E-state index is 0.284. The summed E-state index contributed by atoms with van der Waals surface area (Å²) >= 11 is 0. The average Bonchev–Trinajstić information content (AvgIpc) is 3.19. The van der Waals surface area contributed by atoms with E-state index in [2.05, 4.69) is 0 Å². The number of nitrogens with zero attached hydrogens (tertiary/aromatic N) is 1. The largest absolute Gasteiger partial charge is 0.494 e. The van der Waals surface area contributed by atoms with Crippen LogP contribution in [0.5, 0.6) is 11.5 Å². The fraction of sp³-hybridized carbons (Fsp3) is 0.267. The van der Waals surface area contributed by atoms with Crippen LogP contribution in [-0.4, -0.2) is 36.3 Å². The summed E-state index contributed by atoms with van der Waals surface area (Å²) in [6.07, 6.45) is 0. The molecule has 0 spiro atoms. The Balaban J connectivity index is 1.65. The second kappa shape index (κ2) is 11.6. The summed E-state index contributed by atoms with van der Waals surface area (Å²) in [4.78, 5) is 24.8. The molecular formula is C30H31NO6. The second-order valence-corrected chi connectivity index (χ2v) is 8.33. The molecule has 0 aliphatic heterocycles. The lowest BCUT2D eigenvalue weighted by molar-refractivity contribution is 0.0517. The van der Waals surface area contributed by atoms with E-state index in [0.29, 0.717) is 36.7 Å². The van der Waals surface area contributed by atoms with Crippen LogP contribution in [0.15, 0.2) is 66.7 Å². The van der Waals surface area contributed by atoms with Crippen LogP contribution in [0, 0.1) is 6.92 Å². The van der Waals surface area contributed by atoms with Crippen molar-refractivity contribution < 1.29 is 28.5 Å². The number of esters is 2. The number of rotatable bonds is 10. The second-order valence-electron chi connectivity index (χ2n) is 8.33. The highest BCUT2D eigenvalue weighted by Gasteiger charge is 2.22. The zero-order valence-corrected chi connectivity index (χ0v) is 21.6. The van der Waals surface area contributed by atoms with E-state index in [1.807, 2.05) is 73.0 Å². The first-order chi connectivity index (χ1) is 18.0. The molecule has 3 aromatic carbocycles. The molecule has 192 valence electrons. The first-order valence-electron chi connectivity index (χ1n) is 12.4. The van der Waals surface area contributed by atoms with Gasteiger partial charge in [0.2, 0.25) is 0 Å². The average molecular weight is 502 g/mol. The number of ether oxygens (including phenoxy) is 4. The van der Waals surface area contributed by atoms with E-state index in [4.69, 9.17) is 18.9 Å². The smallest absolute Gasteiger partial charge is 0.340 e. The van der Waals surface area contributed by atoms with Gasteiger partial charge in [0, 0.05) is 16.8 Å². The molecule has 0 atom stereocenters. The lowest BCUT2D eigenvalue weighted by Crippen LogP contribution is -2.07. The van der Waals surface area contributed by atoms with E-state index in [1.54, 1.807) is 26.0 Å². The maximum Gasteiger partial charge on any atom is 0.340 e. The quantitative estimate of drug-likeness (QED) is 0.238. The number of aromatic nitrogens is 1. The van der Waals surface area contributed by atoms with Crippen LogP contribution in [0.3, 0.4) is 0 Å².